The molecule has 0 saturated carbocycles. The molecule has 0 spiro atoms. The molecule has 1 N–H and O–H groups in total. The van der Waals surface area contributed by atoms with E-state index in [0.717, 1.165) is 4.90 Å². The summed E-state index contributed by atoms with van der Waals surface area (Å²) in [6.07, 6.45) is -0.334. The summed E-state index contributed by atoms with van der Waals surface area (Å²) in [5, 5.41) is 20.5. The molecule has 1 unspecified atom stereocenters. The molecule has 1 saturated heterocycles. The van der Waals surface area contributed by atoms with E-state index in [0.29, 0.717) is 18.5 Å². The van der Waals surface area contributed by atoms with E-state index in [1.165, 1.54) is 18.2 Å². The van der Waals surface area contributed by atoms with Gasteiger partial charge in [0.05, 0.1) is 10.5 Å². The molecule has 10 heteroatoms. The minimum atomic E-state index is -1.19. The lowest BCUT2D eigenvalue weighted by atomic mass is 10.1. The SMILES string of the molecule is CC(C)(C)OC(=O)N1CCN(c2ccc([N+](=O)[O-])c(C=O)c2)CC1C(=O)O. The van der Waals surface area contributed by atoms with Gasteiger partial charge in [0.1, 0.15) is 11.6 Å². The highest BCUT2D eigenvalue weighted by Crippen LogP contribution is 2.26. The maximum atomic E-state index is 12.3. The second-order valence-corrected chi connectivity index (χ2v) is 7.09. The fourth-order valence-corrected chi connectivity index (χ4v) is 2.77. The van der Waals surface area contributed by atoms with Crippen LogP contribution < -0.4 is 4.90 Å². The van der Waals surface area contributed by atoms with Gasteiger partial charge in [-0.3, -0.25) is 19.8 Å². The average Bonchev–Trinajstić information content (AvgIpc) is 2.58. The second-order valence-electron chi connectivity index (χ2n) is 7.09. The molecule has 1 atom stereocenters. The number of amides is 1. The van der Waals surface area contributed by atoms with Gasteiger partial charge < -0.3 is 14.7 Å². The van der Waals surface area contributed by atoms with E-state index in [2.05, 4.69) is 0 Å². The van der Waals surface area contributed by atoms with Gasteiger partial charge in [-0.25, -0.2) is 9.59 Å². The predicted octanol–water partition coefficient (Wildman–Crippen LogP) is 1.92. The number of carbonyl (C=O) groups excluding carboxylic acids is 2. The van der Waals surface area contributed by atoms with Crippen molar-refractivity contribution in [3.8, 4) is 0 Å². The first-order valence-electron chi connectivity index (χ1n) is 8.24. The van der Waals surface area contributed by atoms with Crippen LogP contribution >= 0.6 is 0 Å². The summed E-state index contributed by atoms with van der Waals surface area (Å²) < 4.78 is 5.26. The van der Waals surface area contributed by atoms with Crippen LogP contribution in [-0.2, 0) is 9.53 Å². The summed E-state index contributed by atoms with van der Waals surface area (Å²) >= 11 is 0. The van der Waals surface area contributed by atoms with Crippen molar-refractivity contribution in [3.63, 3.8) is 0 Å². The Morgan fingerprint density at radius 3 is 2.52 bits per heavy atom. The Hall–Kier alpha value is -3.17. The van der Waals surface area contributed by atoms with Crippen molar-refractivity contribution >= 4 is 29.7 Å². The quantitative estimate of drug-likeness (QED) is 0.477. The number of anilines is 1. The fourth-order valence-electron chi connectivity index (χ4n) is 2.77. The molecule has 1 aliphatic heterocycles. The Kier molecular flexibility index (Phi) is 5.67. The van der Waals surface area contributed by atoms with Crippen molar-refractivity contribution in [3.05, 3.63) is 33.9 Å². The smallest absolute Gasteiger partial charge is 0.411 e. The van der Waals surface area contributed by atoms with Crippen molar-refractivity contribution in [2.24, 2.45) is 0 Å². The monoisotopic (exact) mass is 379 g/mol. The molecule has 0 aromatic heterocycles. The van der Waals surface area contributed by atoms with Crippen LogP contribution in [0.3, 0.4) is 0 Å². The maximum Gasteiger partial charge on any atom is 0.411 e. The first kappa shape index (κ1) is 20.1. The summed E-state index contributed by atoms with van der Waals surface area (Å²) in [5.41, 5.74) is -0.707. The first-order valence-corrected chi connectivity index (χ1v) is 8.24. The Morgan fingerprint density at radius 2 is 2.00 bits per heavy atom. The molecule has 0 bridgehead atoms. The molecule has 1 aliphatic rings. The molecule has 1 fully saturated rings. The molecule has 1 amide bonds. The third-order valence-corrected chi connectivity index (χ3v) is 3.99. The topological polar surface area (TPSA) is 130 Å². The molecular weight excluding hydrogens is 358 g/mol. The first-order chi connectivity index (χ1) is 12.5. The molecule has 2 rings (SSSR count). The molecule has 0 aliphatic carbocycles. The number of hydrogen-bond acceptors (Lipinski definition) is 7. The minimum absolute atomic E-state index is 0.0370. The van der Waals surface area contributed by atoms with Crippen LogP contribution in [-0.4, -0.2) is 64.6 Å². The lowest BCUT2D eigenvalue weighted by molar-refractivity contribution is -0.385. The van der Waals surface area contributed by atoms with Crippen molar-refractivity contribution in [2.75, 3.05) is 24.5 Å². The molecule has 1 heterocycles. The number of nitrogens with zero attached hydrogens (tertiary/aromatic N) is 3. The standard InChI is InChI=1S/C17H21N3O7/c1-17(2,3)27-16(24)19-7-6-18(9-14(19)15(22)23)12-4-5-13(20(25)26)11(8-12)10-21/h4-5,8,10,14H,6-7,9H2,1-3H3,(H,22,23). The summed E-state index contributed by atoms with van der Waals surface area (Å²) in [4.78, 5) is 48.2. The van der Waals surface area contributed by atoms with E-state index < -0.39 is 28.6 Å². The zero-order valence-electron chi connectivity index (χ0n) is 15.2. The number of carbonyl (C=O) groups is 3. The number of aldehydes is 1. The van der Waals surface area contributed by atoms with Gasteiger partial charge in [0.15, 0.2) is 6.29 Å². The lowest BCUT2D eigenvalue weighted by Crippen LogP contribution is -2.59. The molecular formula is C17H21N3O7. The van der Waals surface area contributed by atoms with E-state index in [1.807, 2.05) is 0 Å². The fraction of sp³-hybridized carbons (Fsp3) is 0.471. The van der Waals surface area contributed by atoms with E-state index in [1.54, 1.807) is 25.7 Å². The van der Waals surface area contributed by atoms with Gasteiger partial charge in [-0.15, -0.1) is 0 Å². The number of benzene rings is 1. The molecule has 1 aromatic rings. The van der Waals surface area contributed by atoms with Crippen LogP contribution in [0.4, 0.5) is 16.2 Å². The van der Waals surface area contributed by atoms with E-state index in [-0.39, 0.29) is 24.3 Å². The van der Waals surface area contributed by atoms with Crippen molar-refractivity contribution in [1.29, 1.82) is 0 Å². The van der Waals surface area contributed by atoms with Crippen LogP contribution in [0.2, 0.25) is 0 Å². The Labute approximate surface area is 155 Å². The summed E-state index contributed by atoms with van der Waals surface area (Å²) in [6, 6.07) is 2.85. The normalized spacial score (nSPS) is 17.4. The minimum Gasteiger partial charge on any atom is -0.480 e. The van der Waals surface area contributed by atoms with Gasteiger partial charge >= 0.3 is 12.1 Å². The number of nitro groups is 1. The number of piperazine rings is 1. The van der Waals surface area contributed by atoms with Gasteiger partial charge in [0, 0.05) is 31.4 Å². The molecule has 10 nitrogen and oxygen atoms in total. The van der Waals surface area contributed by atoms with E-state index in [9.17, 15) is 29.6 Å². The Bertz CT molecular complexity index is 772. The predicted molar refractivity (Wildman–Crippen MR) is 95.1 cm³/mol. The zero-order chi connectivity index (χ0) is 20.4. The van der Waals surface area contributed by atoms with Crippen LogP contribution in [0.5, 0.6) is 0 Å². The highest BCUT2D eigenvalue weighted by molar-refractivity contribution is 5.84. The van der Waals surface area contributed by atoms with E-state index in [4.69, 9.17) is 4.74 Å². The number of aliphatic carboxylic acids is 1. The van der Waals surface area contributed by atoms with Crippen LogP contribution in [0.1, 0.15) is 31.1 Å². The van der Waals surface area contributed by atoms with E-state index >= 15 is 0 Å². The molecule has 0 radical (unpaired) electrons. The van der Waals surface area contributed by atoms with Gasteiger partial charge in [-0.2, -0.15) is 0 Å². The van der Waals surface area contributed by atoms with Gasteiger partial charge in [0.25, 0.3) is 5.69 Å². The van der Waals surface area contributed by atoms with Crippen LogP contribution in [0.25, 0.3) is 0 Å². The number of hydrogen-bond donors (Lipinski definition) is 1. The highest BCUT2D eigenvalue weighted by atomic mass is 16.6. The lowest BCUT2D eigenvalue weighted by Gasteiger charge is -2.40. The molecule has 27 heavy (non-hydrogen) atoms. The second kappa shape index (κ2) is 7.60. The average molecular weight is 379 g/mol. The summed E-state index contributed by atoms with van der Waals surface area (Å²) in [5.74, 6) is -1.19. The number of rotatable bonds is 4. The number of ether oxygens (including phenoxy) is 1. The summed E-state index contributed by atoms with van der Waals surface area (Å²) in [6.45, 7) is 5.42. The largest absolute Gasteiger partial charge is 0.480 e. The zero-order valence-corrected chi connectivity index (χ0v) is 15.2. The Balaban J connectivity index is 2.24. The van der Waals surface area contributed by atoms with Gasteiger partial charge in [0.2, 0.25) is 0 Å². The number of carboxylic acids is 1. The van der Waals surface area contributed by atoms with Gasteiger partial charge in [-0.05, 0) is 32.9 Å². The number of carboxylic acid groups (broad SMARTS) is 1. The maximum absolute atomic E-state index is 12.3. The third kappa shape index (κ3) is 4.72. The highest BCUT2D eigenvalue weighted by Gasteiger charge is 2.38. The Morgan fingerprint density at radius 1 is 1.33 bits per heavy atom. The summed E-state index contributed by atoms with van der Waals surface area (Å²) in [7, 11) is 0. The van der Waals surface area contributed by atoms with Crippen molar-refractivity contribution in [2.45, 2.75) is 32.4 Å². The van der Waals surface area contributed by atoms with Gasteiger partial charge in [-0.1, -0.05) is 0 Å². The third-order valence-electron chi connectivity index (χ3n) is 3.99. The van der Waals surface area contributed by atoms with Crippen molar-refractivity contribution < 1.29 is 29.2 Å². The van der Waals surface area contributed by atoms with Crippen molar-refractivity contribution in [1.82, 2.24) is 4.90 Å². The number of nitro benzene ring substituents is 1. The van der Waals surface area contributed by atoms with Crippen LogP contribution in [0.15, 0.2) is 18.2 Å². The van der Waals surface area contributed by atoms with Crippen LogP contribution in [0, 0.1) is 10.1 Å². The molecule has 1 aromatic carbocycles. The molecule has 146 valence electrons.